The van der Waals surface area contributed by atoms with Gasteiger partial charge in [0.15, 0.2) is 9.84 Å². The van der Waals surface area contributed by atoms with Gasteiger partial charge in [-0.15, -0.1) is 0 Å². The van der Waals surface area contributed by atoms with Gasteiger partial charge in [-0.05, 0) is 24.6 Å². The topological polar surface area (TPSA) is 66.4 Å². The monoisotopic (exact) mass is 243 g/mol. The van der Waals surface area contributed by atoms with Crippen molar-refractivity contribution < 1.29 is 13.5 Å². The maximum atomic E-state index is 11.4. The highest BCUT2D eigenvalue weighted by Gasteiger charge is 2.10. The van der Waals surface area contributed by atoms with Crippen LogP contribution < -0.4 is 5.32 Å². The molecule has 4 nitrogen and oxygen atoms in total. The Hall–Kier alpha value is -1.07. The number of anilines is 1. The van der Waals surface area contributed by atoms with Crippen molar-refractivity contribution in [2.24, 2.45) is 0 Å². The predicted molar refractivity (Wildman–Crippen MR) is 65.2 cm³/mol. The van der Waals surface area contributed by atoms with Crippen LogP contribution in [0.25, 0.3) is 0 Å². The number of benzene rings is 1. The fourth-order valence-corrected chi connectivity index (χ4v) is 2.51. The van der Waals surface area contributed by atoms with Gasteiger partial charge >= 0.3 is 0 Å². The van der Waals surface area contributed by atoms with Gasteiger partial charge < -0.3 is 10.4 Å². The predicted octanol–water partition coefficient (Wildman–Crippen LogP) is 1.03. The SMILES string of the molecule is CCNc1ccc(CS(=O)(=O)CCO)cc1. The lowest BCUT2D eigenvalue weighted by Gasteiger charge is -2.05. The summed E-state index contributed by atoms with van der Waals surface area (Å²) in [5.41, 5.74) is 1.72. The summed E-state index contributed by atoms with van der Waals surface area (Å²) < 4.78 is 22.9. The summed E-state index contributed by atoms with van der Waals surface area (Å²) in [5, 5.41) is 11.7. The molecule has 0 radical (unpaired) electrons. The summed E-state index contributed by atoms with van der Waals surface area (Å²) in [7, 11) is -3.18. The number of hydrogen-bond acceptors (Lipinski definition) is 4. The molecule has 0 unspecified atom stereocenters. The molecule has 0 aliphatic rings. The zero-order valence-corrected chi connectivity index (χ0v) is 10.1. The van der Waals surface area contributed by atoms with Crippen molar-refractivity contribution in [3.8, 4) is 0 Å². The molecular weight excluding hydrogens is 226 g/mol. The van der Waals surface area contributed by atoms with E-state index in [4.69, 9.17) is 5.11 Å². The highest BCUT2D eigenvalue weighted by atomic mass is 32.2. The summed E-state index contributed by atoms with van der Waals surface area (Å²) in [6.07, 6.45) is 0. The first-order valence-corrected chi connectivity index (χ1v) is 7.03. The molecule has 0 aromatic heterocycles. The second kappa shape index (κ2) is 5.86. The summed E-state index contributed by atoms with van der Waals surface area (Å²) >= 11 is 0. The van der Waals surface area contributed by atoms with Gasteiger partial charge in [0, 0.05) is 12.2 Å². The average Bonchev–Trinajstić information content (AvgIpc) is 2.21. The Morgan fingerprint density at radius 3 is 2.38 bits per heavy atom. The van der Waals surface area contributed by atoms with Crippen molar-refractivity contribution in [3.05, 3.63) is 29.8 Å². The molecule has 1 aromatic rings. The number of hydrogen-bond donors (Lipinski definition) is 2. The first-order chi connectivity index (χ1) is 7.57. The van der Waals surface area contributed by atoms with Crippen LogP contribution in [0.3, 0.4) is 0 Å². The van der Waals surface area contributed by atoms with Crippen molar-refractivity contribution >= 4 is 15.5 Å². The Bertz CT molecular complexity index is 411. The molecule has 0 aliphatic carbocycles. The Morgan fingerprint density at radius 2 is 1.88 bits per heavy atom. The first-order valence-electron chi connectivity index (χ1n) is 5.21. The first kappa shape index (κ1) is 13.0. The standard InChI is InChI=1S/C11H17NO3S/c1-2-12-11-5-3-10(4-6-11)9-16(14,15)8-7-13/h3-6,12-13H,2,7-9H2,1H3. The van der Waals surface area contributed by atoms with Gasteiger partial charge in [0.1, 0.15) is 0 Å². The second-order valence-electron chi connectivity index (χ2n) is 3.54. The van der Waals surface area contributed by atoms with Crippen LogP contribution >= 0.6 is 0 Å². The van der Waals surface area contributed by atoms with Gasteiger partial charge in [-0.25, -0.2) is 8.42 Å². The average molecular weight is 243 g/mol. The third-order valence-electron chi connectivity index (χ3n) is 2.12. The largest absolute Gasteiger partial charge is 0.395 e. The van der Waals surface area contributed by atoms with E-state index in [1.807, 2.05) is 19.1 Å². The molecule has 0 fully saturated rings. The van der Waals surface area contributed by atoms with Crippen LogP contribution in [0.15, 0.2) is 24.3 Å². The summed E-state index contributed by atoms with van der Waals surface area (Å²) in [5.74, 6) is -0.193. The quantitative estimate of drug-likeness (QED) is 0.783. The lowest BCUT2D eigenvalue weighted by molar-refractivity contribution is 0.319. The smallest absolute Gasteiger partial charge is 0.156 e. The molecule has 0 atom stereocenters. The number of nitrogens with one attached hydrogen (secondary N) is 1. The van der Waals surface area contributed by atoms with Crippen LogP contribution in [-0.4, -0.2) is 32.4 Å². The molecule has 0 bridgehead atoms. The number of sulfone groups is 1. The summed E-state index contributed by atoms with van der Waals surface area (Å²) in [6.45, 7) is 2.51. The molecule has 0 aliphatic heterocycles. The fourth-order valence-electron chi connectivity index (χ4n) is 1.39. The van der Waals surface area contributed by atoms with Gasteiger partial charge in [0.25, 0.3) is 0 Å². The maximum Gasteiger partial charge on any atom is 0.156 e. The normalized spacial score (nSPS) is 11.4. The summed E-state index contributed by atoms with van der Waals surface area (Å²) in [4.78, 5) is 0. The molecule has 0 saturated heterocycles. The third-order valence-corrected chi connectivity index (χ3v) is 3.70. The molecule has 90 valence electrons. The zero-order valence-electron chi connectivity index (χ0n) is 9.31. The molecule has 2 N–H and O–H groups in total. The van der Waals surface area contributed by atoms with Gasteiger partial charge in [0.05, 0.1) is 18.1 Å². The molecule has 5 heteroatoms. The van der Waals surface area contributed by atoms with E-state index in [0.717, 1.165) is 17.8 Å². The summed E-state index contributed by atoms with van der Waals surface area (Å²) in [6, 6.07) is 7.28. The molecule has 1 aromatic carbocycles. The number of aliphatic hydroxyl groups is 1. The minimum Gasteiger partial charge on any atom is -0.395 e. The molecule has 0 heterocycles. The van der Waals surface area contributed by atoms with E-state index in [0.29, 0.717) is 0 Å². The van der Waals surface area contributed by atoms with Crippen LogP contribution in [0.1, 0.15) is 12.5 Å². The van der Waals surface area contributed by atoms with E-state index in [9.17, 15) is 8.42 Å². The van der Waals surface area contributed by atoms with Crippen LogP contribution in [0.5, 0.6) is 0 Å². The Balaban J connectivity index is 2.68. The zero-order chi connectivity index (χ0) is 12.0. The third kappa shape index (κ3) is 4.20. The molecule has 1 rings (SSSR count). The van der Waals surface area contributed by atoms with Crippen LogP contribution in [0, 0.1) is 0 Å². The highest BCUT2D eigenvalue weighted by molar-refractivity contribution is 7.90. The van der Waals surface area contributed by atoms with Crippen molar-refractivity contribution in [3.63, 3.8) is 0 Å². The van der Waals surface area contributed by atoms with Crippen molar-refractivity contribution in [2.45, 2.75) is 12.7 Å². The molecule has 0 saturated carbocycles. The number of aliphatic hydroxyl groups excluding tert-OH is 1. The van der Waals surface area contributed by atoms with Crippen molar-refractivity contribution in [1.29, 1.82) is 0 Å². The number of rotatable bonds is 6. The lowest BCUT2D eigenvalue weighted by atomic mass is 10.2. The van der Waals surface area contributed by atoms with Crippen LogP contribution in [0.2, 0.25) is 0 Å². The van der Waals surface area contributed by atoms with E-state index >= 15 is 0 Å². The van der Waals surface area contributed by atoms with E-state index in [1.54, 1.807) is 12.1 Å². The second-order valence-corrected chi connectivity index (χ2v) is 5.73. The van der Waals surface area contributed by atoms with Crippen molar-refractivity contribution in [1.82, 2.24) is 0 Å². The van der Waals surface area contributed by atoms with E-state index in [-0.39, 0.29) is 18.1 Å². The minimum atomic E-state index is -3.18. The van der Waals surface area contributed by atoms with Gasteiger partial charge in [-0.2, -0.15) is 0 Å². The van der Waals surface area contributed by atoms with Crippen molar-refractivity contribution in [2.75, 3.05) is 24.2 Å². The molecule has 0 spiro atoms. The van der Waals surface area contributed by atoms with E-state index in [2.05, 4.69) is 5.32 Å². The van der Waals surface area contributed by atoms with E-state index < -0.39 is 9.84 Å². The fraction of sp³-hybridized carbons (Fsp3) is 0.455. The minimum absolute atomic E-state index is 0.0139. The van der Waals surface area contributed by atoms with Gasteiger partial charge in [0.2, 0.25) is 0 Å². The Labute approximate surface area is 96.2 Å². The van der Waals surface area contributed by atoms with Gasteiger partial charge in [-0.3, -0.25) is 0 Å². The highest BCUT2D eigenvalue weighted by Crippen LogP contribution is 2.12. The van der Waals surface area contributed by atoms with Crippen LogP contribution in [0.4, 0.5) is 5.69 Å². The van der Waals surface area contributed by atoms with Gasteiger partial charge in [-0.1, -0.05) is 12.1 Å². The van der Waals surface area contributed by atoms with Crippen LogP contribution in [-0.2, 0) is 15.6 Å². The van der Waals surface area contributed by atoms with E-state index in [1.165, 1.54) is 0 Å². The molecule has 0 amide bonds. The Morgan fingerprint density at radius 1 is 1.25 bits per heavy atom. The maximum absolute atomic E-state index is 11.4. The molecule has 16 heavy (non-hydrogen) atoms. The molecular formula is C11H17NO3S. The Kier molecular flexibility index (Phi) is 4.76. The lowest BCUT2D eigenvalue weighted by Crippen LogP contribution is -2.12.